The van der Waals surface area contributed by atoms with E-state index < -0.39 is 0 Å². The monoisotopic (exact) mass is 417 g/mol. The molecule has 1 aromatic carbocycles. The highest BCUT2D eigenvalue weighted by atomic mass is 16.2. The maximum Gasteiger partial charge on any atom is 0.244 e. The molecule has 5 rings (SSSR count). The molecule has 0 radical (unpaired) electrons. The number of carbonyl (C=O) groups is 2. The molecular weight excluding hydrogens is 390 g/mol. The second-order valence-corrected chi connectivity index (χ2v) is 8.63. The molecule has 7 nitrogen and oxygen atoms in total. The summed E-state index contributed by atoms with van der Waals surface area (Å²) in [5, 5.41) is 8.21. The van der Waals surface area contributed by atoms with Crippen molar-refractivity contribution in [3.05, 3.63) is 65.2 Å². The average Bonchev–Trinajstić information content (AvgIpc) is 3.34. The van der Waals surface area contributed by atoms with Crippen LogP contribution in [0.1, 0.15) is 47.2 Å². The van der Waals surface area contributed by atoms with Gasteiger partial charge in [-0.2, -0.15) is 5.10 Å². The summed E-state index contributed by atoms with van der Waals surface area (Å²) < 4.78 is 3.93. The number of hydrogen-bond acceptors (Lipinski definition) is 4. The molecule has 160 valence electrons. The van der Waals surface area contributed by atoms with E-state index in [1.807, 2.05) is 18.7 Å². The summed E-state index contributed by atoms with van der Waals surface area (Å²) in [7, 11) is 0. The van der Waals surface area contributed by atoms with Crippen LogP contribution in [0.4, 0.5) is 5.69 Å². The average molecular weight is 418 g/mol. The number of anilines is 1. The maximum absolute atomic E-state index is 13.0. The molecule has 0 bridgehead atoms. The molecule has 1 spiro atoms. The Bertz CT molecular complexity index is 1180. The first kappa shape index (κ1) is 19.6. The van der Waals surface area contributed by atoms with Crippen molar-refractivity contribution in [3.63, 3.8) is 0 Å². The Labute approximate surface area is 181 Å². The van der Waals surface area contributed by atoms with Gasteiger partial charge in [-0.1, -0.05) is 12.1 Å². The van der Waals surface area contributed by atoms with Crippen LogP contribution in [0.15, 0.2) is 42.6 Å². The van der Waals surface area contributed by atoms with E-state index in [0.717, 1.165) is 29.9 Å². The van der Waals surface area contributed by atoms with Gasteiger partial charge in [-0.15, -0.1) is 0 Å². The van der Waals surface area contributed by atoms with Crippen LogP contribution in [0.2, 0.25) is 0 Å². The number of aromatic nitrogens is 3. The number of likely N-dealkylation sites (tertiary alicyclic amines) is 1. The summed E-state index contributed by atoms with van der Waals surface area (Å²) in [5.74, 6) is 0.0300. The van der Waals surface area contributed by atoms with Crippen molar-refractivity contribution in [2.75, 3.05) is 18.4 Å². The fraction of sp³-hybridized carbons (Fsp3) is 0.375. The first-order valence-corrected chi connectivity index (χ1v) is 10.8. The van der Waals surface area contributed by atoms with Crippen molar-refractivity contribution >= 4 is 17.4 Å². The van der Waals surface area contributed by atoms with Gasteiger partial charge in [-0.3, -0.25) is 14.3 Å². The fourth-order valence-corrected chi connectivity index (χ4v) is 5.20. The third-order valence-corrected chi connectivity index (χ3v) is 6.76. The molecular formula is C24H27N5O2. The molecule has 4 heterocycles. The Hall–Kier alpha value is -3.35. The standard InChI is InChI=1S/C24H27N5O2/c1-16-23(18(3)30)17(2)29(26-16)15-22(31)27-13-10-24(11-14-27)21-9-6-12-28(21)20-8-5-4-7-19(20)25-24/h4-9,12,25H,10-11,13-15H2,1-3H3. The lowest BCUT2D eigenvalue weighted by atomic mass is 9.82. The van der Waals surface area contributed by atoms with Gasteiger partial charge in [-0.25, -0.2) is 0 Å². The minimum atomic E-state index is -0.172. The number of benzene rings is 1. The number of piperidine rings is 1. The van der Waals surface area contributed by atoms with Crippen LogP contribution in [-0.4, -0.2) is 44.0 Å². The Morgan fingerprint density at radius 1 is 1.10 bits per heavy atom. The number of amides is 1. The van der Waals surface area contributed by atoms with E-state index in [9.17, 15) is 9.59 Å². The smallest absolute Gasteiger partial charge is 0.244 e. The predicted molar refractivity (Wildman–Crippen MR) is 119 cm³/mol. The van der Waals surface area contributed by atoms with E-state index in [2.05, 4.69) is 57.6 Å². The zero-order valence-corrected chi connectivity index (χ0v) is 18.2. The zero-order chi connectivity index (χ0) is 21.8. The minimum Gasteiger partial charge on any atom is -0.372 e. The number of Topliss-reactive ketones (excluding diaryl/α,β-unsaturated/α-hetero) is 1. The largest absolute Gasteiger partial charge is 0.372 e. The molecule has 1 N–H and O–H groups in total. The number of hydrogen-bond donors (Lipinski definition) is 1. The van der Waals surface area contributed by atoms with Crippen LogP contribution < -0.4 is 5.32 Å². The van der Waals surface area contributed by atoms with Gasteiger partial charge >= 0.3 is 0 Å². The molecule has 2 aliphatic heterocycles. The third kappa shape index (κ3) is 3.07. The number of fused-ring (bicyclic) bond motifs is 4. The van der Waals surface area contributed by atoms with Gasteiger partial charge in [0.05, 0.1) is 28.2 Å². The normalized spacial score (nSPS) is 16.5. The first-order valence-electron chi connectivity index (χ1n) is 10.8. The molecule has 0 aliphatic carbocycles. The summed E-state index contributed by atoms with van der Waals surface area (Å²) in [6, 6.07) is 12.6. The third-order valence-electron chi connectivity index (χ3n) is 6.76. The zero-order valence-electron chi connectivity index (χ0n) is 18.2. The van der Waals surface area contributed by atoms with Crippen molar-refractivity contribution in [3.8, 4) is 5.69 Å². The number of carbonyl (C=O) groups excluding carboxylic acids is 2. The van der Waals surface area contributed by atoms with Crippen molar-refractivity contribution in [2.24, 2.45) is 0 Å². The molecule has 31 heavy (non-hydrogen) atoms. The van der Waals surface area contributed by atoms with Gasteiger partial charge in [0.2, 0.25) is 5.91 Å². The van der Waals surface area contributed by atoms with Gasteiger partial charge < -0.3 is 14.8 Å². The van der Waals surface area contributed by atoms with Crippen LogP contribution >= 0.6 is 0 Å². The second kappa shape index (κ2) is 7.11. The molecule has 7 heteroatoms. The van der Waals surface area contributed by atoms with Crippen molar-refractivity contribution in [1.82, 2.24) is 19.2 Å². The summed E-state index contributed by atoms with van der Waals surface area (Å²) in [6.45, 7) is 6.73. The van der Waals surface area contributed by atoms with E-state index in [4.69, 9.17) is 0 Å². The lowest BCUT2D eigenvalue weighted by Gasteiger charge is -2.46. The van der Waals surface area contributed by atoms with Gasteiger partial charge in [0, 0.05) is 30.7 Å². The summed E-state index contributed by atoms with van der Waals surface area (Å²) >= 11 is 0. The Balaban J connectivity index is 1.33. The van der Waals surface area contributed by atoms with E-state index in [0.29, 0.717) is 24.3 Å². The summed E-state index contributed by atoms with van der Waals surface area (Å²) in [6.07, 6.45) is 3.80. The molecule has 0 saturated carbocycles. The van der Waals surface area contributed by atoms with Gasteiger partial charge in [-0.05, 0) is 57.9 Å². The molecule has 0 atom stereocenters. The van der Waals surface area contributed by atoms with Gasteiger partial charge in [0.25, 0.3) is 0 Å². The van der Waals surface area contributed by atoms with Gasteiger partial charge in [0.1, 0.15) is 6.54 Å². The molecule has 1 amide bonds. The van der Waals surface area contributed by atoms with Gasteiger partial charge in [0.15, 0.2) is 5.78 Å². The van der Waals surface area contributed by atoms with Crippen LogP contribution in [-0.2, 0) is 16.9 Å². The highest BCUT2D eigenvalue weighted by molar-refractivity contribution is 5.96. The quantitative estimate of drug-likeness (QED) is 0.663. The molecule has 2 aromatic heterocycles. The number of rotatable bonds is 3. The second-order valence-electron chi connectivity index (χ2n) is 8.63. The Morgan fingerprint density at radius 2 is 1.84 bits per heavy atom. The lowest BCUT2D eigenvalue weighted by molar-refractivity contribution is -0.133. The topological polar surface area (TPSA) is 72.2 Å². The van der Waals surface area contributed by atoms with E-state index >= 15 is 0 Å². The van der Waals surface area contributed by atoms with Crippen LogP contribution in [0.25, 0.3) is 5.69 Å². The summed E-state index contributed by atoms with van der Waals surface area (Å²) in [4.78, 5) is 26.8. The number of para-hydroxylation sites is 2. The van der Waals surface area contributed by atoms with Crippen molar-refractivity contribution < 1.29 is 9.59 Å². The van der Waals surface area contributed by atoms with Crippen LogP contribution in [0.5, 0.6) is 0 Å². The van der Waals surface area contributed by atoms with Crippen molar-refractivity contribution in [1.29, 1.82) is 0 Å². The van der Waals surface area contributed by atoms with Crippen molar-refractivity contribution in [2.45, 2.75) is 45.7 Å². The van der Waals surface area contributed by atoms with E-state index in [-0.39, 0.29) is 23.8 Å². The summed E-state index contributed by atoms with van der Waals surface area (Å²) in [5.41, 5.74) is 5.44. The highest BCUT2D eigenvalue weighted by Crippen LogP contribution is 2.43. The Kier molecular flexibility index (Phi) is 4.50. The molecule has 0 unspecified atom stereocenters. The molecule has 3 aromatic rings. The van der Waals surface area contributed by atoms with E-state index in [1.165, 1.54) is 5.69 Å². The lowest BCUT2D eigenvalue weighted by Crippen LogP contribution is -2.51. The number of nitrogens with zero attached hydrogens (tertiary/aromatic N) is 4. The van der Waals surface area contributed by atoms with Crippen LogP contribution in [0, 0.1) is 13.8 Å². The number of nitrogens with one attached hydrogen (secondary N) is 1. The highest BCUT2D eigenvalue weighted by Gasteiger charge is 2.42. The fourth-order valence-electron chi connectivity index (χ4n) is 5.20. The number of aryl methyl sites for hydroxylation is 1. The predicted octanol–water partition coefficient (Wildman–Crippen LogP) is 3.44. The van der Waals surface area contributed by atoms with E-state index in [1.54, 1.807) is 11.6 Å². The minimum absolute atomic E-state index is 0.0136. The number of ketones is 1. The van der Waals surface area contributed by atoms with Crippen LogP contribution in [0.3, 0.4) is 0 Å². The Morgan fingerprint density at radius 3 is 2.55 bits per heavy atom. The SMILES string of the molecule is CC(=O)c1c(C)nn(CC(=O)N2CCC3(CC2)Nc2ccccc2-n2cccc23)c1C. The molecule has 2 aliphatic rings. The first-order chi connectivity index (χ1) is 14.9. The molecule has 1 saturated heterocycles. The maximum atomic E-state index is 13.0. The molecule has 1 fully saturated rings.